The first-order chi connectivity index (χ1) is 37.8. The maximum absolute atomic E-state index is 14.8. The van der Waals surface area contributed by atoms with Gasteiger partial charge in [-0.1, -0.05) is 104 Å². The molecule has 80 heavy (non-hydrogen) atoms. The third-order valence-electron chi connectivity index (χ3n) is 15.4. The molecule has 22 heteroatoms. The van der Waals surface area contributed by atoms with Crippen LogP contribution in [0.15, 0.2) is 54.6 Å². The van der Waals surface area contributed by atoms with Gasteiger partial charge in [0.25, 0.3) is 5.91 Å². The molecule has 3 rings (SSSR count). The van der Waals surface area contributed by atoms with E-state index in [0.717, 1.165) is 5.56 Å². The molecule has 2 aromatic carbocycles. The van der Waals surface area contributed by atoms with E-state index in [-0.39, 0.29) is 43.0 Å². The van der Waals surface area contributed by atoms with Crippen LogP contribution in [-0.4, -0.2) is 158 Å². The van der Waals surface area contributed by atoms with Crippen molar-refractivity contribution in [3.05, 3.63) is 65.7 Å². The number of nitrogens with two attached hydrogens (primary N) is 2. The van der Waals surface area contributed by atoms with Crippen molar-refractivity contribution in [3.8, 4) is 0 Å². The monoisotopic (exact) mass is 1120 g/mol. The Morgan fingerprint density at radius 2 is 1.45 bits per heavy atom. The van der Waals surface area contributed by atoms with Crippen LogP contribution >= 0.6 is 0 Å². The van der Waals surface area contributed by atoms with E-state index in [1.54, 1.807) is 102 Å². The maximum atomic E-state index is 14.8. The smallest absolute Gasteiger partial charge is 0.407 e. The molecule has 1 aliphatic rings. The quantitative estimate of drug-likeness (QED) is 0.0466. The largest absolute Gasteiger partial charge is 0.436 e. The minimum absolute atomic E-state index is 0.0836. The van der Waals surface area contributed by atoms with Crippen molar-refractivity contribution in [1.82, 2.24) is 36.4 Å². The number of hydrogen-bond acceptors (Lipinski definition) is 13. The van der Waals surface area contributed by atoms with E-state index in [0.29, 0.717) is 56.3 Å². The molecule has 2 aromatic rings. The third-order valence-corrected chi connectivity index (χ3v) is 15.4. The predicted octanol–water partition coefficient (Wildman–Crippen LogP) is 4.13. The second-order valence-corrected chi connectivity index (χ2v) is 22.0. The number of likely N-dealkylation sites (N-methyl/N-ethyl adjacent to an activating group) is 1. The number of carbonyl (C=O) groups excluding carboxylic acids is 8. The van der Waals surface area contributed by atoms with Crippen molar-refractivity contribution in [2.45, 2.75) is 174 Å². The number of rotatable bonds is 32. The average Bonchev–Trinajstić information content (AvgIpc) is 3.98. The fraction of sp³-hybridized carbons (Fsp3) is 0.655. The van der Waals surface area contributed by atoms with Crippen molar-refractivity contribution in [3.63, 3.8) is 0 Å². The van der Waals surface area contributed by atoms with Crippen LogP contribution in [0.25, 0.3) is 0 Å². The Labute approximate surface area is 473 Å². The standard InChI is InChI=1S/C58H94N10O12/c1-14-35(6)48(44(78-12)32-45(69)68-31-19-23-43(68)51(79-13)37(8)52(71)63-38(9)49(70)40-20-16-15-17-21-40)67(11)56(75)47(34(4)5)66-55(74)50(80-58(77)61-10)36(7)24-25-39-26-28-41(29-27-39)64-53(72)42(22-18-30-62-57(60)76)65-54(73)46(59)33(2)3/h15-17,20-21,26-29,33-38,42-44,46-51,70H,14,18-19,22-25,30-32,59H2,1-13H3,(H,61,77)(H,63,71)(H,64,72)(H,65,73)(H,66,74)(H3,60,62,76)/t35-,36?,37+,38-,42-,43-,44-,46-,47-,48-,49-,50-,51+/m0/s1. The Morgan fingerprint density at radius 3 is 2.01 bits per heavy atom. The van der Waals surface area contributed by atoms with Gasteiger partial charge in [-0.2, -0.15) is 0 Å². The molecule has 9 amide bonds. The zero-order chi connectivity index (χ0) is 60.0. The summed E-state index contributed by atoms with van der Waals surface area (Å²) < 4.78 is 17.7. The highest BCUT2D eigenvalue weighted by Gasteiger charge is 2.44. The molecule has 11 N–H and O–H groups in total. The lowest BCUT2D eigenvalue weighted by Crippen LogP contribution is -2.59. The van der Waals surface area contributed by atoms with Crippen LogP contribution in [0, 0.1) is 29.6 Å². The summed E-state index contributed by atoms with van der Waals surface area (Å²) in [6, 6.07) is 10.9. The number of aliphatic hydroxyl groups is 1. The van der Waals surface area contributed by atoms with Gasteiger partial charge in [-0.3, -0.25) is 28.8 Å². The van der Waals surface area contributed by atoms with Crippen molar-refractivity contribution >= 4 is 53.3 Å². The number of likely N-dealkylation sites (tertiary alicyclic amines) is 1. The molecular formula is C58H94N10O12. The Balaban J connectivity index is 1.75. The molecule has 0 saturated carbocycles. The minimum atomic E-state index is -1.31. The summed E-state index contributed by atoms with van der Waals surface area (Å²) >= 11 is 0. The normalized spacial score (nSPS) is 17.9. The number of aliphatic hydroxyl groups excluding tert-OH is 1. The highest BCUT2D eigenvalue weighted by atomic mass is 16.6. The molecule has 1 aliphatic heterocycles. The number of aryl methyl sites for hydroxylation is 1. The second-order valence-electron chi connectivity index (χ2n) is 22.0. The predicted molar refractivity (Wildman–Crippen MR) is 305 cm³/mol. The number of benzene rings is 2. The molecule has 1 fully saturated rings. The molecule has 1 saturated heterocycles. The summed E-state index contributed by atoms with van der Waals surface area (Å²) in [5.74, 6) is -4.58. The van der Waals surface area contributed by atoms with Gasteiger partial charge in [0.05, 0.1) is 54.8 Å². The number of ether oxygens (including phenoxy) is 3. The third kappa shape index (κ3) is 20.0. The van der Waals surface area contributed by atoms with E-state index in [9.17, 15) is 43.5 Å². The van der Waals surface area contributed by atoms with E-state index in [1.165, 1.54) is 21.3 Å². The zero-order valence-electron chi connectivity index (χ0n) is 49.4. The van der Waals surface area contributed by atoms with Gasteiger partial charge in [-0.15, -0.1) is 0 Å². The van der Waals surface area contributed by atoms with Crippen LogP contribution in [0.2, 0.25) is 0 Å². The first kappa shape index (κ1) is 67.9. The summed E-state index contributed by atoms with van der Waals surface area (Å²) in [6.07, 6.45) is -1.29. The first-order valence-corrected chi connectivity index (χ1v) is 28.1. The molecule has 0 radical (unpaired) electrons. The van der Waals surface area contributed by atoms with Gasteiger partial charge < -0.3 is 72.5 Å². The molecule has 448 valence electrons. The Bertz CT molecular complexity index is 2310. The van der Waals surface area contributed by atoms with Gasteiger partial charge >= 0.3 is 12.1 Å². The van der Waals surface area contributed by atoms with Crippen LogP contribution < -0.4 is 43.4 Å². The number of urea groups is 1. The van der Waals surface area contributed by atoms with E-state index >= 15 is 0 Å². The number of nitrogens with one attached hydrogen (secondary N) is 6. The van der Waals surface area contributed by atoms with Crippen molar-refractivity contribution in [1.29, 1.82) is 0 Å². The number of anilines is 1. The van der Waals surface area contributed by atoms with Gasteiger partial charge in [0.15, 0.2) is 6.10 Å². The minimum Gasteiger partial charge on any atom is -0.436 e. The molecule has 0 aliphatic carbocycles. The number of methoxy groups -OCH3 is 2. The fourth-order valence-electron chi connectivity index (χ4n) is 10.1. The summed E-state index contributed by atoms with van der Waals surface area (Å²) in [5.41, 5.74) is 13.2. The highest BCUT2D eigenvalue weighted by Crippen LogP contribution is 2.30. The van der Waals surface area contributed by atoms with E-state index in [1.807, 2.05) is 32.0 Å². The van der Waals surface area contributed by atoms with Crippen molar-refractivity contribution in [2.24, 2.45) is 41.1 Å². The molecule has 13 atom stereocenters. The lowest BCUT2D eigenvalue weighted by Gasteiger charge is -2.41. The van der Waals surface area contributed by atoms with E-state index < -0.39 is 114 Å². The molecule has 0 aromatic heterocycles. The number of amides is 9. The van der Waals surface area contributed by atoms with Gasteiger partial charge in [0.1, 0.15) is 12.1 Å². The number of primary amides is 1. The van der Waals surface area contributed by atoms with Crippen LogP contribution in [-0.2, 0) is 49.4 Å². The Kier molecular flexibility index (Phi) is 28.4. The van der Waals surface area contributed by atoms with Crippen LogP contribution in [0.5, 0.6) is 0 Å². The SMILES string of the molecule is CC[C@H](C)[C@@H]([C@H](CC(=O)N1CCC[C@H]1[C@H](OC)[C@@H](C)C(=O)N[C@@H](C)[C@H](O)c1ccccc1)OC)N(C)C(=O)[C@@H](NC(=O)[C@@H](OC(=O)NC)C(C)CCc1ccc(NC(=O)[C@H](CCCNC(N)=O)NC(=O)[C@@H](N)C(C)C)cc1)C(C)C. The molecule has 1 heterocycles. The number of alkyl carbamates (subject to hydrolysis) is 1. The lowest BCUT2D eigenvalue weighted by molar-refractivity contribution is -0.148. The summed E-state index contributed by atoms with van der Waals surface area (Å²) in [4.78, 5) is 111. The van der Waals surface area contributed by atoms with Gasteiger partial charge in [-0.25, -0.2) is 9.59 Å². The summed E-state index contributed by atoms with van der Waals surface area (Å²) in [6.45, 7) is 17.0. The molecule has 22 nitrogen and oxygen atoms in total. The molecular weight excluding hydrogens is 1030 g/mol. The molecule has 0 bridgehead atoms. The second kappa shape index (κ2) is 33.4. The van der Waals surface area contributed by atoms with Crippen LogP contribution in [0.1, 0.15) is 124 Å². The highest BCUT2D eigenvalue weighted by molar-refractivity contribution is 5.98. The fourth-order valence-corrected chi connectivity index (χ4v) is 10.1. The first-order valence-electron chi connectivity index (χ1n) is 28.1. The molecule has 0 spiro atoms. The summed E-state index contributed by atoms with van der Waals surface area (Å²) in [5, 5.41) is 27.2. The molecule has 1 unspecified atom stereocenters. The Hall–Kier alpha value is -6.36. The van der Waals surface area contributed by atoms with Crippen molar-refractivity contribution in [2.75, 3.05) is 46.7 Å². The maximum Gasteiger partial charge on any atom is 0.407 e. The van der Waals surface area contributed by atoms with E-state index in [2.05, 4.69) is 31.9 Å². The average molecular weight is 1120 g/mol. The van der Waals surface area contributed by atoms with E-state index in [4.69, 9.17) is 25.7 Å². The van der Waals surface area contributed by atoms with Crippen LogP contribution in [0.4, 0.5) is 15.3 Å². The topological polar surface area (TPSA) is 315 Å². The number of hydrogen-bond donors (Lipinski definition) is 9. The number of nitrogens with zero attached hydrogens (tertiary/aromatic N) is 2. The van der Waals surface area contributed by atoms with Gasteiger partial charge in [-0.05, 0) is 86.5 Å². The van der Waals surface area contributed by atoms with Crippen LogP contribution in [0.3, 0.4) is 0 Å². The lowest BCUT2D eigenvalue weighted by atomic mass is 9.89. The van der Waals surface area contributed by atoms with Crippen molar-refractivity contribution < 1.29 is 57.7 Å². The summed E-state index contributed by atoms with van der Waals surface area (Å²) in [7, 11) is 6.03. The number of carbonyl (C=O) groups is 8. The zero-order valence-corrected chi connectivity index (χ0v) is 49.4. The van der Waals surface area contributed by atoms with Gasteiger partial charge in [0.2, 0.25) is 29.5 Å². The Morgan fingerprint density at radius 1 is 0.800 bits per heavy atom. The van der Waals surface area contributed by atoms with Gasteiger partial charge in [0, 0.05) is 53.0 Å².